The number of halogens is 3. The summed E-state index contributed by atoms with van der Waals surface area (Å²) in [4.78, 5) is 0. The molecule has 8 heteroatoms. The van der Waals surface area contributed by atoms with E-state index in [1.54, 1.807) is 6.07 Å². The van der Waals surface area contributed by atoms with Gasteiger partial charge < -0.3 is 5.11 Å². The molecule has 0 aliphatic rings. The van der Waals surface area contributed by atoms with Gasteiger partial charge in [0.05, 0.1) is 24.6 Å². The van der Waals surface area contributed by atoms with Gasteiger partial charge in [-0.05, 0) is 13.8 Å². The highest BCUT2D eigenvalue weighted by Crippen LogP contribution is 2.33. The summed E-state index contributed by atoms with van der Waals surface area (Å²) in [5, 5.41) is 24.4. The smallest absolute Gasteiger partial charge is 0.391 e. The second-order valence-corrected chi connectivity index (χ2v) is 3.64. The van der Waals surface area contributed by atoms with Gasteiger partial charge in [-0.15, -0.1) is 5.10 Å². The van der Waals surface area contributed by atoms with Gasteiger partial charge in [-0.25, -0.2) is 4.68 Å². The second kappa shape index (κ2) is 4.71. The quantitative estimate of drug-likeness (QED) is 0.874. The van der Waals surface area contributed by atoms with Crippen LogP contribution in [0.25, 0.3) is 0 Å². The minimum atomic E-state index is -4.65. The summed E-state index contributed by atoms with van der Waals surface area (Å²) in [5.41, 5.74) is -1.50. The fourth-order valence-corrected chi connectivity index (χ4v) is 1.30. The number of aromatic nitrogens is 3. The molecule has 0 aliphatic heterocycles. The van der Waals surface area contributed by atoms with E-state index in [4.69, 9.17) is 5.26 Å². The Morgan fingerprint density at radius 1 is 1.47 bits per heavy atom. The van der Waals surface area contributed by atoms with Crippen LogP contribution in [-0.2, 0) is 12.6 Å². The van der Waals surface area contributed by atoms with Crippen molar-refractivity contribution in [1.29, 1.82) is 5.26 Å². The maximum Gasteiger partial charge on any atom is 0.434 e. The van der Waals surface area contributed by atoms with Crippen molar-refractivity contribution in [2.24, 2.45) is 0 Å². The molecule has 2 unspecified atom stereocenters. The molecule has 5 nitrogen and oxygen atoms in total. The summed E-state index contributed by atoms with van der Waals surface area (Å²) in [7, 11) is 0. The van der Waals surface area contributed by atoms with Gasteiger partial charge in [-0.2, -0.15) is 18.4 Å². The Morgan fingerprint density at radius 2 is 2.06 bits per heavy atom. The summed E-state index contributed by atoms with van der Waals surface area (Å²) in [6.45, 7) is 2.75. The Kier molecular flexibility index (Phi) is 3.72. The number of alkyl halides is 3. The van der Waals surface area contributed by atoms with Crippen LogP contribution in [0.4, 0.5) is 13.2 Å². The van der Waals surface area contributed by atoms with Crippen LogP contribution in [-0.4, -0.2) is 26.2 Å². The van der Waals surface area contributed by atoms with E-state index in [0.717, 1.165) is 0 Å². The van der Waals surface area contributed by atoms with Gasteiger partial charge >= 0.3 is 6.18 Å². The highest BCUT2D eigenvalue weighted by atomic mass is 19.4. The van der Waals surface area contributed by atoms with E-state index in [0.29, 0.717) is 4.68 Å². The topological polar surface area (TPSA) is 74.7 Å². The van der Waals surface area contributed by atoms with Crippen molar-refractivity contribution < 1.29 is 18.3 Å². The molecule has 0 amide bonds. The van der Waals surface area contributed by atoms with E-state index in [2.05, 4.69) is 10.3 Å². The van der Waals surface area contributed by atoms with E-state index in [9.17, 15) is 18.3 Å². The third-order valence-corrected chi connectivity index (χ3v) is 2.36. The zero-order valence-electron chi connectivity index (χ0n) is 9.23. The first-order valence-electron chi connectivity index (χ1n) is 4.85. The molecule has 2 atom stereocenters. The Morgan fingerprint density at radius 3 is 2.47 bits per heavy atom. The monoisotopic (exact) mass is 248 g/mol. The zero-order valence-corrected chi connectivity index (χ0v) is 9.23. The van der Waals surface area contributed by atoms with E-state index < -0.39 is 36.1 Å². The Hall–Kier alpha value is -1.62. The van der Waals surface area contributed by atoms with Crippen molar-refractivity contribution in [3.8, 4) is 6.07 Å². The van der Waals surface area contributed by atoms with Crippen LogP contribution in [0.2, 0.25) is 0 Å². The van der Waals surface area contributed by atoms with Crippen molar-refractivity contribution in [1.82, 2.24) is 15.0 Å². The van der Waals surface area contributed by atoms with E-state index in [-0.39, 0.29) is 0 Å². The number of hydrogen-bond donors (Lipinski definition) is 1. The predicted octanol–water partition coefficient (Wildman–Crippen LogP) is 1.30. The van der Waals surface area contributed by atoms with Crippen LogP contribution in [0.1, 0.15) is 31.3 Å². The van der Waals surface area contributed by atoms with Gasteiger partial charge in [-0.1, -0.05) is 5.21 Å². The molecule has 0 saturated carbocycles. The highest BCUT2D eigenvalue weighted by Gasteiger charge is 2.40. The lowest BCUT2D eigenvalue weighted by atomic mass is 10.2. The lowest BCUT2D eigenvalue weighted by Gasteiger charge is -2.18. The summed E-state index contributed by atoms with van der Waals surface area (Å²) in [5.74, 6) is 0. The average Bonchev–Trinajstić information content (AvgIpc) is 2.60. The molecule has 1 rings (SSSR count). The van der Waals surface area contributed by atoms with Crippen LogP contribution in [0.3, 0.4) is 0 Å². The van der Waals surface area contributed by atoms with Gasteiger partial charge in [0, 0.05) is 0 Å². The molecule has 1 aromatic heterocycles. The van der Waals surface area contributed by atoms with Crippen molar-refractivity contribution in [3.63, 3.8) is 0 Å². The van der Waals surface area contributed by atoms with Crippen LogP contribution < -0.4 is 0 Å². The molecule has 0 radical (unpaired) electrons. The fraction of sp³-hybridized carbons (Fsp3) is 0.667. The number of aliphatic hydroxyl groups is 1. The van der Waals surface area contributed by atoms with Gasteiger partial charge in [0.15, 0.2) is 5.69 Å². The third-order valence-electron chi connectivity index (χ3n) is 2.36. The standard InChI is InChI=1S/C9H11F3N4O/c1-5(6(2)17)16-8(9(10,11)12)7(3-4-13)14-15-16/h5-6,17H,3H2,1-2H3. The van der Waals surface area contributed by atoms with Crippen molar-refractivity contribution in [2.45, 2.75) is 38.6 Å². The maximum atomic E-state index is 12.8. The molecular formula is C9H11F3N4O. The van der Waals surface area contributed by atoms with Gasteiger partial charge in [0.2, 0.25) is 0 Å². The van der Waals surface area contributed by atoms with Crippen LogP contribution in [0, 0.1) is 11.3 Å². The first-order valence-corrected chi connectivity index (χ1v) is 4.85. The van der Waals surface area contributed by atoms with E-state index >= 15 is 0 Å². The Labute approximate surface area is 95.5 Å². The van der Waals surface area contributed by atoms with Crippen molar-refractivity contribution in [2.75, 3.05) is 0 Å². The number of rotatable bonds is 3. The SMILES string of the molecule is CC(O)C(C)n1nnc(CC#N)c1C(F)(F)F. The fourth-order valence-electron chi connectivity index (χ4n) is 1.30. The first kappa shape index (κ1) is 13.4. The third kappa shape index (κ3) is 2.74. The molecule has 0 saturated heterocycles. The van der Waals surface area contributed by atoms with Gasteiger partial charge in [0.1, 0.15) is 5.69 Å². The summed E-state index contributed by atoms with van der Waals surface area (Å²) in [6.07, 6.45) is -6.13. The molecule has 0 aromatic carbocycles. The summed E-state index contributed by atoms with van der Waals surface area (Å²) < 4.78 is 39.0. The number of hydrogen-bond acceptors (Lipinski definition) is 4. The number of nitrogens with zero attached hydrogens (tertiary/aromatic N) is 4. The minimum absolute atomic E-state index is 0.424. The second-order valence-electron chi connectivity index (χ2n) is 3.64. The van der Waals surface area contributed by atoms with Crippen LogP contribution in [0.15, 0.2) is 0 Å². The molecule has 1 aromatic rings. The number of aliphatic hydroxyl groups excluding tert-OH is 1. The molecular weight excluding hydrogens is 237 g/mol. The summed E-state index contributed by atoms with van der Waals surface area (Å²) in [6, 6.07) is 0.731. The Bertz CT molecular complexity index is 432. The number of nitriles is 1. The predicted molar refractivity (Wildman–Crippen MR) is 50.7 cm³/mol. The molecule has 1 N–H and O–H groups in total. The summed E-state index contributed by atoms with van der Waals surface area (Å²) >= 11 is 0. The average molecular weight is 248 g/mol. The van der Waals surface area contributed by atoms with Crippen molar-refractivity contribution >= 4 is 0 Å². The molecule has 1 heterocycles. The van der Waals surface area contributed by atoms with Crippen LogP contribution >= 0.6 is 0 Å². The molecule has 0 aliphatic carbocycles. The maximum absolute atomic E-state index is 12.8. The zero-order chi connectivity index (χ0) is 13.2. The Balaban J connectivity index is 3.29. The normalized spacial score (nSPS) is 15.4. The van der Waals surface area contributed by atoms with E-state index in [1.165, 1.54) is 13.8 Å². The first-order chi connectivity index (χ1) is 7.79. The molecule has 0 fully saturated rings. The lowest BCUT2D eigenvalue weighted by molar-refractivity contribution is -0.146. The molecule has 0 spiro atoms. The van der Waals surface area contributed by atoms with Gasteiger partial charge in [0.25, 0.3) is 0 Å². The largest absolute Gasteiger partial charge is 0.434 e. The van der Waals surface area contributed by atoms with Crippen LogP contribution in [0.5, 0.6) is 0 Å². The minimum Gasteiger partial charge on any atom is -0.391 e. The van der Waals surface area contributed by atoms with Gasteiger partial charge in [-0.3, -0.25) is 0 Å². The lowest BCUT2D eigenvalue weighted by Crippen LogP contribution is -2.25. The molecule has 17 heavy (non-hydrogen) atoms. The molecule has 0 bridgehead atoms. The molecule has 94 valence electrons. The highest BCUT2D eigenvalue weighted by molar-refractivity contribution is 5.18. The van der Waals surface area contributed by atoms with E-state index in [1.807, 2.05) is 0 Å². The van der Waals surface area contributed by atoms with Crippen molar-refractivity contribution in [3.05, 3.63) is 11.4 Å².